The lowest BCUT2D eigenvalue weighted by Gasteiger charge is -2.10. The maximum absolute atomic E-state index is 13.9. The molecule has 0 N–H and O–H groups in total. The minimum atomic E-state index is -0.680. The van der Waals surface area contributed by atoms with Gasteiger partial charge in [-0.1, -0.05) is 0 Å². The molecule has 0 spiro atoms. The molecule has 0 aliphatic carbocycles. The number of halogens is 3. The molecule has 1 aromatic carbocycles. The van der Waals surface area contributed by atoms with Crippen LogP contribution in [0.2, 0.25) is 0 Å². The molecule has 20 heavy (non-hydrogen) atoms. The predicted molar refractivity (Wildman–Crippen MR) is 71.5 cm³/mol. The van der Waals surface area contributed by atoms with Crippen molar-refractivity contribution in [2.75, 3.05) is 13.7 Å². The number of hydrogen-bond donors (Lipinski definition) is 0. The second-order valence-corrected chi connectivity index (χ2v) is 4.57. The van der Waals surface area contributed by atoms with Crippen molar-refractivity contribution in [1.82, 2.24) is 14.8 Å². The van der Waals surface area contributed by atoms with Gasteiger partial charge in [-0.15, -0.1) is 21.8 Å². The van der Waals surface area contributed by atoms with Gasteiger partial charge in [0.1, 0.15) is 17.5 Å². The maximum Gasteiger partial charge on any atom is 0.167 e. The summed E-state index contributed by atoms with van der Waals surface area (Å²) in [5.74, 6) is -0.288. The van der Waals surface area contributed by atoms with Crippen molar-refractivity contribution in [1.29, 1.82) is 0 Å². The molecule has 2 rings (SSSR count). The highest BCUT2D eigenvalue weighted by molar-refractivity contribution is 6.16. The summed E-state index contributed by atoms with van der Waals surface area (Å²) >= 11 is 5.79. The normalized spacial score (nSPS) is 11.1. The minimum absolute atomic E-state index is 0.151. The fraction of sp³-hybridized carbons (Fsp3) is 0.385. The van der Waals surface area contributed by atoms with Gasteiger partial charge in [0, 0.05) is 19.7 Å². The Labute approximate surface area is 120 Å². The van der Waals surface area contributed by atoms with Gasteiger partial charge < -0.3 is 9.30 Å². The van der Waals surface area contributed by atoms with Crippen molar-refractivity contribution < 1.29 is 13.5 Å². The number of hydrogen-bond acceptors (Lipinski definition) is 3. The first-order valence-electron chi connectivity index (χ1n) is 6.01. The lowest BCUT2D eigenvalue weighted by atomic mass is 10.1. The van der Waals surface area contributed by atoms with E-state index in [4.69, 9.17) is 16.3 Å². The standard InChI is InChI=1S/C13H14ClF2N3O/c1-8-5-9(11(16)6-10(8)15)13-18-17-12(7-14)19(13)3-4-20-2/h5-6H,3-4,7H2,1-2H3. The Balaban J connectivity index is 2.52. The molecular weight excluding hydrogens is 288 g/mol. The van der Waals surface area contributed by atoms with Gasteiger partial charge in [0.25, 0.3) is 0 Å². The Bertz CT molecular complexity index is 616. The largest absolute Gasteiger partial charge is 0.383 e. The Hall–Kier alpha value is -1.53. The zero-order valence-corrected chi connectivity index (χ0v) is 11.9. The Kier molecular flexibility index (Phi) is 4.67. The molecule has 108 valence electrons. The molecule has 0 radical (unpaired) electrons. The topological polar surface area (TPSA) is 39.9 Å². The summed E-state index contributed by atoms with van der Waals surface area (Å²) in [6, 6.07) is 2.26. The van der Waals surface area contributed by atoms with Crippen LogP contribution in [0.1, 0.15) is 11.4 Å². The van der Waals surface area contributed by atoms with E-state index >= 15 is 0 Å². The van der Waals surface area contributed by atoms with Crippen molar-refractivity contribution >= 4 is 11.6 Å². The second-order valence-electron chi connectivity index (χ2n) is 4.30. The van der Waals surface area contributed by atoms with Gasteiger partial charge in [0.15, 0.2) is 5.82 Å². The molecular formula is C13H14ClF2N3O. The van der Waals surface area contributed by atoms with Crippen LogP contribution in [0.25, 0.3) is 11.4 Å². The van der Waals surface area contributed by atoms with Gasteiger partial charge in [0.2, 0.25) is 0 Å². The molecule has 0 aliphatic heterocycles. The summed E-state index contributed by atoms with van der Waals surface area (Å²) in [6.45, 7) is 2.42. The van der Waals surface area contributed by atoms with E-state index in [0.29, 0.717) is 30.4 Å². The summed E-state index contributed by atoms with van der Waals surface area (Å²) in [4.78, 5) is 0. The number of nitrogens with zero attached hydrogens (tertiary/aromatic N) is 3. The molecule has 4 nitrogen and oxygen atoms in total. The fourth-order valence-electron chi connectivity index (χ4n) is 1.88. The number of aryl methyl sites for hydroxylation is 1. The third-order valence-corrected chi connectivity index (χ3v) is 3.19. The van der Waals surface area contributed by atoms with Gasteiger partial charge in [0.05, 0.1) is 18.1 Å². The summed E-state index contributed by atoms with van der Waals surface area (Å²) in [6.07, 6.45) is 0. The van der Waals surface area contributed by atoms with E-state index in [0.717, 1.165) is 6.07 Å². The van der Waals surface area contributed by atoms with Crippen LogP contribution in [0.15, 0.2) is 12.1 Å². The zero-order chi connectivity index (χ0) is 14.7. The Morgan fingerprint density at radius 3 is 2.65 bits per heavy atom. The molecule has 0 bridgehead atoms. The van der Waals surface area contributed by atoms with Gasteiger partial charge >= 0.3 is 0 Å². The minimum Gasteiger partial charge on any atom is -0.383 e. The van der Waals surface area contributed by atoms with Crippen molar-refractivity contribution in [2.24, 2.45) is 0 Å². The number of ether oxygens (including phenoxy) is 1. The summed E-state index contributed by atoms with van der Waals surface area (Å²) in [7, 11) is 1.56. The van der Waals surface area contributed by atoms with Gasteiger partial charge in [-0.25, -0.2) is 8.78 Å². The third kappa shape index (κ3) is 2.81. The number of aromatic nitrogens is 3. The van der Waals surface area contributed by atoms with Crippen molar-refractivity contribution in [3.8, 4) is 11.4 Å². The van der Waals surface area contributed by atoms with E-state index in [1.54, 1.807) is 18.6 Å². The Morgan fingerprint density at radius 1 is 1.25 bits per heavy atom. The zero-order valence-electron chi connectivity index (χ0n) is 11.2. The van der Waals surface area contributed by atoms with Crippen LogP contribution in [-0.4, -0.2) is 28.5 Å². The number of methoxy groups -OCH3 is 1. The second kappa shape index (κ2) is 6.28. The third-order valence-electron chi connectivity index (χ3n) is 2.96. The summed E-state index contributed by atoms with van der Waals surface area (Å²) in [5, 5.41) is 7.87. The van der Waals surface area contributed by atoms with Crippen LogP contribution in [0, 0.1) is 18.6 Å². The van der Waals surface area contributed by atoms with Crippen LogP contribution in [0.4, 0.5) is 8.78 Å². The molecule has 0 atom stereocenters. The monoisotopic (exact) mass is 301 g/mol. The van der Waals surface area contributed by atoms with E-state index in [9.17, 15) is 8.78 Å². The highest BCUT2D eigenvalue weighted by Crippen LogP contribution is 2.25. The van der Waals surface area contributed by atoms with E-state index in [1.807, 2.05) is 0 Å². The molecule has 2 aromatic rings. The van der Waals surface area contributed by atoms with Crippen LogP contribution in [0.3, 0.4) is 0 Å². The van der Waals surface area contributed by atoms with Gasteiger partial charge in [-0.2, -0.15) is 0 Å². The summed E-state index contributed by atoms with van der Waals surface area (Å²) in [5.41, 5.74) is 0.541. The van der Waals surface area contributed by atoms with Crippen LogP contribution < -0.4 is 0 Å². The number of alkyl halides is 1. The lowest BCUT2D eigenvalue weighted by Crippen LogP contribution is -2.09. The molecule has 7 heteroatoms. The summed E-state index contributed by atoms with van der Waals surface area (Å²) < 4.78 is 34.0. The molecule has 1 aromatic heterocycles. The molecule has 0 saturated heterocycles. The van der Waals surface area contributed by atoms with Gasteiger partial charge in [-0.3, -0.25) is 0 Å². The highest BCUT2D eigenvalue weighted by atomic mass is 35.5. The molecule has 0 amide bonds. The van der Waals surface area contributed by atoms with Crippen LogP contribution >= 0.6 is 11.6 Å². The number of benzene rings is 1. The molecule has 1 heterocycles. The quantitative estimate of drug-likeness (QED) is 0.797. The number of rotatable bonds is 5. The first-order chi connectivity index (χ1) is 9.58. The van der Waals surface area contributed by atoms with E-state index < -0.39 is 11.6 Å². The van der Waals surface area contributed by atoms with E-state index in [1.165, 1.54) is 6.07 Å². The average Bonchev–Trinajstić information content (AvgIpc) is 2.83. The van der Waals surface area contributed by atoms with Gasteiger partial charge in [-0.05, 0) is 18.6 Å². The first-order valence-corrected chi connectivity index (χ1v) is 6.55. The molecule has 0 aliphatic rings. The Morgan fingerprint density at radius 2 is 2.00 bits per heavy atom. The van der Waals surface area contributed by atoms with Crippen molar-refractivity contribution in [3.63, 3.8) is 0 Å². The van der Waals surface area contributed by atoms with Crippen molar-refractivity contribution in [2.45, 2.75) is 19.3 Å². The fourth-order valence-corrected chi connectivity index (χ4v) is 2.08. The molecule has 0 fully saturated rings. The van der Waals surface area contributed by atoms with Crippen molar-refractivity contribution in [3.05, 3.63) is 35.2 Å². The lowest BCUT2D eigenvalue weighted by molar-refractivity contribution is 0.187. The van der Waals surface area contributed by atoms with E-state index in [-0.39, 0.29) is 11.4 Å². The maximum atomic E-state index is 13.9. The SMILES string of the molecule is COCCn1c(CCl)nnc1-c1cc(C)c(F)cc1F. The predicted octanol–water partition coefficient (Wildman–Crippen LogP) is 2.92. The average molecular weight is 302 g/mol. The molecule has 0 saturated carbocycles. The van der Waals surface area contributed by atoms with E-state index in [2.05, 4.69) is 10.2 Å². The first kappa shape index (κ1) is 14.9. The smallest absolute Gasteiger partial charge is 0.167 e. The van der Waals surface area contributed by atoms with Crippen LogP contribution in [0.5, 0.6) is 0 Å². The highest BCUT2D eigenvalue weighted by Gasteiger charge is 2.18. The van der Waals surface area contributed by atoms with Crippen LogP contribution in [-0.2, 0) is 17.2 Å². The molecule has 0 unspecified atom stereocenters.